The topological polar surface area (TPSA) is 79.0 Å². The average Bonchev–Trinajstić information content (AvgIpc) is 2.48. The van der Waals surface area contributed by atoms with Crippen LogP contribution in [0.25, 0.3) is 0 Å². The summed E-state index contributed by atoms with van der Waals surface area (Å²) in [5.41, 5.74) is 0.590. The molecule has 1 heterocycles. The van der Waals surface area contributed by atoms with Crippen LogP contribution in [0.5, 0.6) is 0 Å². The number of hydrogen-bond acceptors (Lipinski definition) is 4. The molecule has 0 aromatic carbocycles. The second kappa shape index (κ2) is 4.03. The molecule has 1 rings (SSSR count). The van der Waals surface area contributed by atoms with E-state index in [2.05, 4.69) is 9.71 Å². The maximum absolute atomic E-state index is 11.0. The van der Waals surface area contributed by atoms with Crippen LogP contribution in [0.15, 0.2) is 10.2 Å². The van der Waals surface area contributed by atoms with Crippen molar-refractivity contribution in [2.75, 3.05) is 5.75 Å². The quantitative estimate of drug-likeness (QED) is 0.745. The molecule has 0 spiro atoms. The van der Waals surface area contributed by atoms with E-state index in [4.69, 9.17) is 0 Å². The van der Waals surface area contributed by atoms with Crippen molar-refractivity contribution in [3.05, 3.63) is 20.7 Å². The van der Waals surface area contributed by atoms with Gasteiger partial charge in [0.15, 0.2) is 0 Å². The Labute approximate surface area is 79.9 Å². The highest BCUT2D eigenvalue weighted by Gasteiger charge is 2.06. The Morgan fingerprint density at radius 1 is 1.62 bits per heavy atom. The van der Waals surface area contributed by atoms with E-state index >= 15 is 0 Å². The van der Waals surface area contributed by atoms with Gasteiger partial charge in [-0.05, 0) is 6.92 Å². The molecule has 0 aliphatic rings. The van der Waals surface area contributed by atoms with Crippen LogP contribution in [0.1, 0.15) is 12.6 Å². The van der Waals surface area contributed by atoms with Gasteiger partial charge in [-0.3, -0.25) is 4.79 Å². The number of rotatable bonds is 4. The lowest BCUT2D eigenvalue weighted by molar-refractivity contribution is 0.582. The zero-order valence-corrected chi connectivity index (χ0v) is 8.67. The lowest BCUT2D eigenvalue weighted by Crippen LogP contribution is -2.25. The highest BCUT2D eigenvalue weighted by atomic mass is 32.2. The normalized spacial score (nSPS) is 11.8. The molecule has 5 nitrogen and oxygen atoms in total. The van der Waals surface area contributed by atoms with Crippen LogP contribution >= 0.6 is 11.3 Å². The summed E-state index contributed by atoms with van der Waals surface area (Å²) >= 11 is 1.02. The average molecular weight is 222 g/mol. The van der Waals surface area contributed by atoms with Crippen LogP contribution in [0.3, 0.4) is 0 Å². The molecular formula is C6H10N2O3S2. The number of H-pyrrole nitrogens is 1. The van der Waals surface area contributed by atoms with Gasteiger partial charge in [-0.1, -0.05) is 11.3 Å². The van der Waals surface area contributed by atoms with Crippen molar-refractivity contribution in [3.63, 3.8) is 0 Å². The first kappa shape index (κ1) is 10.4. The first-order valence-electron chi connectivity index (χ1n) is 3.67. The maximum Gasteiger partial charge on any atom is 0.304 e. The van der Waals surface area contributed by atoms with E-state index in [0.717, 1.165) is 11.3 Å². The van der Waals surface area contributed by atoms with Crippen molar-refractivity contribution in [2.24, 2.45) is 0 Å². The molecule has 13 heavy (non-hydrogen) atoms. The van der Waals surface area contributed by atoms with Crippen LogP contribution in [0.2, 0.25) is 0 Å². The van der Waals surface area contributed by atoms with E-state index in [0.29, 0.717) is 5.69 Å². The minimum atomic E-state index is -3.18. The summed E-state index contributed by atoms with van der Waals surface area (Å²) in [7, 11) is -3.18. The van der Waals surface area contributed by atoms with E-state index in [1.807, 2.05) is 0 Å². The number of aromatic nitrogens is 1. The Kier molecular flexibility index (Phi) is 3.23. The van der Waals surface area contributed by atoms with Gasteiger partial charge in [0.2, 0.25) is 10.0 Å². The van der Waals surface area contributed by atoms with Gasteiger partial charge in [-0.2, -0.15) is 0 Å². The zero-order chi connectivity index (χ0) is 9.90. The van der Waals surface area contributed by atoms with E-state index in [1.165, 1.54) is 0 Å². The number of sulfonamides is 1. The number of aromatic amines is 1. The molecule has 0 saturated heterocycles. The van der Waals surface area contributed by atoms with Crippen molar-refractivity contribution < 1.29 is 8.42 Å². The molecule has 1 aromatic rings. The Morgan fingerprint density at radius 3 is 2.77 bits per heavy atom. The summed E-state index contributed by atoms with van der Waals surface area (Å²) in [6.45, 7) is 1.70. The monoisotopic (exact) mass is 222 g/mol. The van der Waals surface area contributed by atoms with Crippen LogP contribution < -0.4 is 9.60 Å². The standard InChI is InChI=1S/C6H10N2O3S2/c1-2-13(10,11)7-3-5-4-12-6(9)8-5/h4,7H,2-3H2,1H3,(H,8,9). The summed E-state index contributed by atoms with van der Waals surface area (Å²) < 4.78 is 24.3. The molecule has 0 radical (unpaired) electrons. The SMILES string of the molecule is CCS(=O)(=O)NCc1csc(=O)[nH]1. The van der Waals surface area contributed by atoms with Gasteiger partial charge in [0.25, 0.3) is 0 Å². The fourth-order valence-corrected chi connectivity index (χ4v) is 1.85. The summed E-state index contributed by atoms with van der Waals surface area (Å²) in [4.78, 5) is 13.0. The summed E-state index contributed by atoms with van der Waals surface area (Å²) in [6.07, 6.45) is 0. The van der Waals surface area contributed by atoms with Crippen molar-refractivity contribution in [1.29, 1.82) is 0 Å². The van der Waals surface area contributed by atoms with Crippen molar-refractivity contribution >= 4 is 21.4 Å². The van der Waals surface area contributed by atoms with Crippen molar-refractivity contribution in [1.82, 2.24) is 9.71 Å². The summed E-state index contributed by atoms with van der Waals surface area (Å²) in [5.74, 6) is 0.0430. The minimum absolute atomic E-state index is 0.0430. The molecule has 0 aliphatic carbocycles. The van der Waals surface area contributed by atoms with Gasteiger partial charge in [0.05, 0.1) is 12.3 Å². The highest BCUT2D eigenvalue weighted by Crippen LogP contribution is 1.95. The first-order chi connectivity index (χ1) is 6.03. The Bertz CT molecular complexity index is 417. The molecule has 0 atom stereocenters. The van der Waals surface area contributed by atoms with Gasteiger partial charge < -0.3 is 4.98 Å². The summed E-state index contributed by atoms with van der Waals surface area (Å²) in [5, 5.41) is 1.60. The van der Waals surface area contributed by atoms with Crippen LogP contribution in [-0.4, -0.2) is 19.2 Å². The Morgan fingerprint density at radius 2 is 2.31 bits per heavy atom. The van der Waals surface area contributed by atoms with E-state index < -0.39 is 10.0 Å². The van der Waals surface area contributed by atoms with E-state index in [9.17, 15) is 13.2 Å². The van der Waals surface area contributed by atoms with E-state index in [-0.39, 0.29) is 17.2 Å². The Balaban J connectivity index is 2.58. The largest absolute Gasteiger partial charge is 0.315 e. The molecule has 0 amide bonds. The van der Waals surface area contributed by atoms with Crippen LogP contribution in [-0.2, 0) is 16.6 Å². The molecule has 0 aliphatic heterocycles. The zero-order valence-electron chi connectivity index (χ0n) is 7.03. The predicted molar refractivity (Wildman–Crippen MR) is 51.2 cm³/mol. The third-order valence-corrected chi connectivity index (χ3v) is 3.50. The number of hydrogen-bond donors (Lipinski definition) is 2. The molecule has 2 N–H and O–H groups in total. The van der Waals surface area contributed by atoms with Gasteiger partial charge in [0, 0.05) is 11.1 Å². The first-order valence-corrected chi connectivity index (χ1v) is 6.20. The third-order valence-electron chi connectivity index (χ3n) is 1.43. The van der Waals surface area contributed by atoms with Crippen LogP contribution in [0.4, 0.5) is 0 Å². The fourth-order valence-electron chi connectivity index (χ4n) is 0.690. The summed E-state index contributed by atoms with van der Waals surface area (Å²) in [6, 6.07) is 0. The fraction of sp³-hybridized carbons (Fsp3) is 0.500. The smallest absolute Gasteiger partial charge is 0.304 e. The molecule has 0 bridgehead atoms. The molecule has 0 fully saturated rings. The lowest BCUT2D eigenvalue weighted by Gasteiger charge is -2.00. The van der Waals surface area contributed by atoms with Gasteiger partial charge >= 0.3 is 4.87 Å². The molecule has 7 heteroatoms. The van der Waals surface area contributed by atoms with Crippen LogP contribution in [0, 0.1) is 0 Å². The molecule has 0 saturated carbocycles. The number of thiazole rings is 1. The molecular weight excluding hydrogens is 212 g/mol. The van der Waals surface area contributed by atoms with E-state index in [1.54, 1.807) is 12.3 Å². The van der Waals surface area contributed by atoms with Gasteiger partial charge in [-0.15, -0.1) is 0 Å². The van der Waals surface area contributed by atoms with Crippen molar-refractivity contribution in [3.8, 4) is 0 Å². The van der Waals surface area contributed by atoms with Gasteiger partial charge in [-0.25, -0.2) is 13.1 Å². The third kappa shape index (κ3) is 3.29. The molecule has 1 aromatic heterocycles. The van der Waals surface area contributed by atoms with Crippen molar-refractivity contribution in [2.45, 2.75) is 13.5 Å². The minimum Gasteiger partial charge on any atom is -0.315 e. The lowest BCUT2D eigenvalue weighted by atomic mass is 10.5. The Hall–Kier alpha value is -0.660. The number of nitrogens with one attached hydrogen (secondary N) is 2. The second-order valence-electron chi connectivity index (χ2n) is 2.40. The second-order valence-corrected chi connectivity index (χ2v) is 5.34. The molecule has 74 valence electrons. The highest BCUT2D eigenvalue weighted by molar-refractivity contribution is 7.89. The predicted octanol–water partition coefficient (Wildman–Crippen LogP) is -0.124. The van der Waals surface area contributed by atoms with Gasteiger partial charge in [0.1, 0.15) is 0 Å². The maximum atomic E-state index is 11.0. The molecule has 0 unspecified atom stereocenters.